The molecule has 1 aromatic carbocycles. The summed E-state index contributed by atoms with van der Waals surface area (Å²) in [6, 6.07) is 7.90. The number of hydrazone groups is 1. The minimum absolute atomic E-state index is 0. The Morgan fingerprint density at radius 3 is 2.91 bits per heavy atom. The van der Waals surface area contributed by atoms with Crippen molar-refractivity contribution in [3.05, 3.63) is 66.8 Å². The van der Waals surface area contributed by atoms with Gasteiger partial charge in [-0.1, -0.05) is 17.7 Å². The fourth-order valence-corrected chi connectivity index (χ4v) is 3.81. The number of benzene rings is 1. The molecule has 0 aromatic heterocycles. The molecule has 2 amide bonds. The average Bonchev–Trinajstić information content (AvgIpc) is 3.27. The number of carbonyl (C=O) groups is 2. The minimum atomic E-state index is -0.451. The van der Waals surface area contributed by atoms with E-state index in [1.165, 1.54) is 35.6 Å². The lowest BCUT2D eigenvalue weighted by Gasteiger charge is -2.33. The van der Waals surface area contributed by atoms with Gasteiger partial charge in [0.15, 0.2) is 6.54 Å². The van der Waals surface area contributed by atoms with Gasteiger partial charge in [-0.3, -0.25) is 9.80 Å². The number of ether oxygens (including phenoxy) is 2. The van der Waals surface area contributed by atoms with Gasteiger partial charge in [0, 0.05) is 20.4 Å². The van der Waals surface area contributed by atoms with Crippen molar-refractivity contribution in [1.29, 1.82) is 0 Å². The van der Waals surface area contributed by atoms with Gasteiger partial charge in [-0.25, -0.2) is 9.18 Å². The van der Waals surface area contributed by atoms with Crippen LogP contribution in [0, 0.1) is 19.9 Å². The molecule has 186 valence electrons. The molecule has 1 aromatic rings. The van der Waals surface area contributed by atoms with Gasteiger partial charge < -0.3 is 19.7 Å². The lowest BCUT2D eigenvalue weighted by molar-refractivity contribution is -0.376. The molecule has 3 aliphatic heterocycles. The molecule has 0 saturated carbocycles. The van der Waals surface area contributed by atoms with Crippen molar-refractivity contribution in [2.75, 3.05) is 26.2 Å². The number of amides is 2. The van der Waals surface area contributed by atoms with E-state index >= 15 is 0 Å². The summed E-state index contributed by atoms with van der Waals surface area (Å²) >= 11 is 0. The Hall–Kier alpha value is -3.69. The van der Waals surface area contributed by atoms with Crippen molar-refractivity contribution in [1.82, 2.24) is 15.2 Å². The predicted molar refractivity (Wildman–Crippen MR) is 129 cm³/mol. The zero-order valence-electron chi connectivity index (χ0n) is 19.6. The maximum absolute atomic E-state index is 13.1. The third-order valence-electron chi connectivity index (χ3n) is 5.59. The van der Waals surface area contributed by atoms with Crippen LogP contribution in [0.4, 0.5) is 4.39 Å². The Morgan fingerprint density at radius 2 is 2.11 bits per heavy atom. The van der Waals surface area contributed by atoms with E-state index in [1.54, 1.807) is 11.4 Å². The zero-order chi connectivity index (χ0) is 24.6. The summed E-state index contributed by atoms with van der Waals surface area (Å²) in [4.78, 5) is 29.5. The van der Waals surface area contributed by atoms with Crippen LogP contribution in [-0.2, 0) is 14.3 Å². The molecule has 1 saturated heterocycles. The van der Waals surface area contributed by atoms with Crippen LogP contribution in [0.3, 0.4) is 0 Å². The van der Waals surface area contributed by atoms with E-state index in [-0.39, 0.29) is 38.9 Å². The van der Waals surface area contributed by atoms with Crippen LogP contribution in [0.5, 0.6) is 5.75 Å². The molecule has 35 heavy (non-hydrogen) atoms. The topological polar surface area (TPSA) is 97.4 Å². The first-order chi connectivity index (χ1) is 16.9. The van der Waals surface area contributed by atoms with Gasteiger partial charge in [0.1, 0.15) is 49.2 Å². The van der Waals surface area contributed by atoms with E-state index in [9.17, 15) is 14.0 Å². The molecule has 3 heterocycles. The number of allylic oxidation sites excluding steroid dienone is 1. The molecule has 2 N–H and O–H groups in total. The molecule has 9 nitrogen and oxygen atoms in total. The predicted octanol–water partition coefficient (Wildman–Crippen LogP) is 0.989. The zero-order valence-corrected chi connectivity index (χ0v) is 19.6. The van der Waals surface area contributed by atoms with E-state index in [2.05, 4.69) is 15.4 Å². The van der Waals surface area contributed by atoms with Crippen molar-refractivity contribution in [2.24, 2.45) is 5.10 Å². The number of nitrogens with one attached hydrogen (secondary N) is 2. The molecule has 1 unspecified atom stereocenters. The SMILES string of the molecule is Cc1ccc(OC2CCCN(C(=O)CN3[CH]C(=[NH+]C(=O)CCOC4=CNC=C(F)[CH]4)C=N3)C2)cc1.[HH]. The molecule has 3 aliphatic rings. The van der Waals surface area contributed by atoms with Gasteiger partial charge >= 0.3 is 5.91 Å². The van der Waals surface area contributed by atoms with Gasteiger partial charge in [0.25, 0.3) is 0 Å². The summed E-state index contributed by atoms with van der Waals surface area (Å²) in [6.45, 7) is 5.02. The molecule has 1 atom stereocenters. The molecular formula is C25H31FN5O4+. The maximum Gasteiger partial charge on any atom is 0.389 e. The fraction of sp³-hybridized carbons (Fsp3) is 0.360. The van der Waals surface area contributed by atoms with Crippen molar-refractivity contribution < 1.29 is 29.9 Å². The maximum atomic E-state index is 13.1. The number of hydrogen-bond donors (Lipinski definition) is 2. The Balaban J connectivity index is 0.00000361. The van der Waals surface area contributed by atoms with Crippen LogP contribution < -0.4 is 15.0 Å². The van der Waals surface area contributed by atoms with Crippen LogP contribution in [0.15, 0.2) is 53.4 Å². The quantitative estimate of drug-likeness (QED) is 0.571. The van der Waals surface area contributed by atoms with Crippen LogP contribution in [0.2, 0.25) is 0 Å². The minimum Gasteiger partial charge on any atom is -0.495 e. The lowest BCUT2D eigenvalue weighted by Crippen LogP contribution is -2.78. The molecular weight excluding hydrogens is 453 g/mol. The molecule has 0 bridgehead atoms. The van der Waals surface area contributed by atoms with Gasteiger partial charge in [-0.15, -0.1) is 0 Å². The second-order valence-electron chi connectivity index (χ2n) is 8.50. The first kappa shape index (κ1) is 24.4. The first-order valence-corrected chi connectivity index (χ1v) is 11.6. The highest BCUT2D eigenvalue weighted by Crippen LogP contribution is 2.19. The number of piperidine rings is 1. The molecule has 4 rings (SSSR count). The highest BCUT2D eigenvalue weighted by atomic mass is 19.1. The fourth-order valence-electron chi connectivity index (χ4n) is 3.81. The summed E-state index contributed by atoms with van der Waals surface area (Å²) in [5.41, 5.74) is 1.66. The number of aryl methyl sites for hydroxylation is 1. The van der Waals surface area contributed by atoms with Gasteiger partial charge in [-0.05, 0) is 31.9 Å². The molecule has 1 fully saturated rings. The number of rotatable bonds is 8. The number of halogens is 1. The van der Waals surface area contributed by atoms with Gasteiger partial charge in [0.05, 0.1) is 13.0 Å². The Labute approximate surface area is 205 Å². The third-order valence-corrected chi connectivity index (χ3v) is 5.59. The second kappa shape index (κ2) is 11.6. The molecule has 2 radical (unpaired) electrons. The summed E-state index contributed by atoms with van der Waals surface area (Å²) in [7, 11) is 0. The number of carbonyl (C=O) groups excluding carboxylic acids is 2. The normalized spacial score (nSPS) is 20.9. The van der Waals surface area contributed by atoms with Crippen molar-refractivity contribution in [2.45, 2.75) is 32.3 Å². The van der Waals surface area contributed by atoms with Crippen LogP contribution in [-0.4, -0.2) is 66.0 Å². The highest BCUT2D eigenvalue weighted by Gasteiger charge is 2.28. The standard InChI is InChI=1S/C25H28FN5O4.H2/c1-18-4-6-21(7-5-18)35-22-3-2-9-30(16-22)25(33)17-31-15-20(13-28-31)29-24(32)8-10-34-23-11-19(26)12-27-14-23;/h4-7,11-15,22,27H,2-3,8-10,16-17H2,1H3;1H/p+1. The molecule has 10 heteroatoms. The van der Waals surface area contributed by atoms with Crippen molar-refractivity contribution in [3.8, 4) is 5.75 Å². The van der Waals surface area contributed by atoms with Crippen LogP contribution in [0.25, 0.3) is 0 Å². The smallest absolute Gasteiger partial charge is 0.389 e. The van der Waals surface area contributed by atoms with Crippen LogP contribution in [0.1, 0.15) is 26.3 Å². The number of nitrogens with zero attached hydrogens (tertiary/aromatic N) is 3. The number of likely N-dealkylation sites (tertiary alicyclic amines) is 1. The third kappa shape index (κ3) is 7.40. The van der Waals surface area contributed by atoms with Crippen LogP contribution >= 0.6 is 0 Å². The molecule has 0 aliphatic carbocycles. The molecule has 0 spiro atoms. The van der Waals surface area contributed by atoms with E-state index in [4.69, 9.17) is 9.47 Å². The second-order valence-corrected chi connectivity index (χ2v) is 8.50. The monoisotopic (exact) mass is 484 g/mol. The largest absolute Gasteiger partial charge is 0.495 e. The average molecular weight is 485 g/mol. The van der Waals surface area contributed by atoms with Crippen molar-refractivity contribution in [3.63, 3.8) is 0 Å². The van der Waals surface area contributed by atoms with E-state index in [0.717, 1.165) is 18.6 Å². The Bertz CT molecular complexity index is 1060. The summed E-state index contributed by atoms with van der Waals surface area (Å²) < 4.78 is 24.6. The lowest BCUT2D eigenvalue weighted by atomic mass is 10.1. The number of hydrogen-bond acceptors (Lipinski definition) is 7. The summed E-state index contributed by atoms with van der Waals surface area (Å²) in [5.74, 6) is 0.343. The van der Waals surface area contributed by atoms with Crippen molar-refractivity contribution >= 4 is 23.7 Å². The van der Waals surface area contributed by atoms with Gasteiger partial charge in [0.2, 0.25) is 11.6 Å². The van der Waals surface area contributed by atoms with E-state index in [1.807, 2.05) is 31.2 Å². The van der Waals surface area contributed by atoms with E-state index < -0.39 is 5.83 Å². The van der Waals surface area contributed by atoms with Gasteiger partial charge in [-0.2, -0.15) is 10.1 Å². The van der Waals surface area contributed by atoms with E-state index in [0.29, 0.717) is 24.6 Å². The first-order valence-electron chi connectivity index (χ1n) is 11.6. The Kier molecular flexibility index (Phi) is 8.12. The highest BCUT2D eigenvalue weighted by molar-refractivity contribution is 6.33. The summed E-state index contributed by atoms with van der Waals surface area (Å²) in [6.07, 6.45) is 7.23. The number of dihydropyridines is 1. The summed E-state index contributed by atoms with van der Waals surface area (Å²) in [5, 5.41) is 8.30. The Morgan fingerprint density at radius 1 is 1.29 bits per heavy atom.